The summed E-state index contributed by atoms with van der Waals surface area (Å²) in [6, 6.07) is 4.40. The number of benzene rings is 1. The van der Waals surface area contributed by atoms with Gasteiger partial charge in [-0.3, -0.25) is 10.1 Å². The minimum absolute atomic E-state index is 0.0199. The van der Waals surface area contributed by atoms with E-state index < -0.39 is 4.92 Å². The third-order valence-corrected chi connectivity index (χ3v) is 2.59. The van der Waals surface area contributed by atoms with Crippen LogP contribution >= 0.6 is 0 Å². The minimum atomic E-state index is -0.454. The van der Waals surface area contributed by atoms with Crippen molar-refractivity contribution in [2.45, 2.75) is 6.92 Å². The van der Waals surface area contributed by atoms with Crippen molar-refractivity contribution in [3.63, 3.8) is 0 Å². The molecule has 0 radical (unpaired) electrons. The maximum Gasteiger partial charge on any atom is 0.328 e. The van der Waals surface area contributed by atoms with Gasteiger partial charge in [0.1, 0.15) is 5.75 Å². The Balaban J connectivity index is 2.30. The van der Waals surface area contributed by atoms with E-state index in [1.807, 2.05) is 0 Å². The molecule has 21 heavy (non-hydrogen) atoms. The SMILES string of the molecule is Cc1cc(Oc2nc(N)nc(N(C)C)n2)ccc1[N+](=O)[O-]. The average molecular weight is 290 g/mol. The van der Waals surface area contributed by atoms with Crippen molar-refractivity contribution in [3.05, 3.63) is 33.9 Å². The van der Waals surface area contributed by atoms with Gasteiger partial charge in [-0.05, 0) is 19.1 Å². The Hall–Kier alpha value is -2.97. The van der Waals surface area contributed by atoms with Gasteiger partial charge in [0.25, 0.3) is 5.69 Å². The van der Waals surface area contributed by atoms with Crippen LogP contribution in [0.1, 0.15) is 5.56 Å². The molecular weight excluding hydrogens is 276 g/mol. The first-order chi connectivity index (χ1) is 9.86. The molecule has 0 amide bonds. The lowest BCUT2D eigenvalue weighted by molar-refractivity contribution is -0.385. The van der Waals surface area contributed by atoms with Crippen molar-refractivity contribution in [3.8, 4) is 11.8 Å². The first-order valence-corrected chi connectivity index (χ1v) is 5.98. The molecule has 0 saturated heterocycles. The third kappa shape index (κ3) is 3.32. The van der Waals surface area contributed by atoms with E-state index in [2.05, 4.69) is 15.0 Å². The largest absolute Gasteiger partial charge is 0.424 e. The molecular formula is C12H14N6O3. The Labute approximate surface area is 120 Å². The summed E-state index contributed by atoms with van der Waals surface area (Å²) in [5, 5.41) is 10.8. The van der Waals surface area contributed by atoms with Gasteiger partial charge in [-0.15, -0.1) is 0 Å². The van der Waals surface area contributed by atoms with Crippen LogP contribution in [0.25, 0.3) is 0 Å². The fourth-order valence-corrected chi connectivity index (χ4v) is 1.61. The molecule has 1 heterocycles. The van der Waals surface area contributed by atoms with Crippen LogP contribution in [0.2, 0.25) is 0 Å². The van der Waals surface area contributed by atoms with E-state index in [1.54, 1.807) is 25.9 Å². The van der Waals surface area contributed by atoms with Gasteiger partial charge in [0, 0.05) is 25.7 Å². The lowest BCUT2D eigenvalue weighted by Crippen LogP contribution is -2.15. The number of hydrogen-bond acceptors (Lipinski definition) is 8. The Kier molecular flexibility index (Phi) is 3.83. The van der Waals surface area contributed by atoms with Crippen molar-refractivity contribution in [2.24, 2.45) is 0 Å². The van der Waals surface area contributed by atoms with Gasteiger partial charge in [-0.2, -0.15) is 15.0 Å². The van der Waals surface area contributed by atoms with E-state index >= 15 is 0 Å². The molecule has 0 saturated carbocycles. The second-order valence-corrected chi connectivity index (χ2v) is 4.48. The number of aryl methyl sites for hydroxylation is 1. The molecule has 0 bridgehead atoms. The molecule has 0 aliphatic carbocycles. The monoisotopic (exact) mass is 290 g/mol. The van der Waals surface area contributed by atoms with Gasteiger partial charge in [0.2, 0.25) is 11.9 Å². The molecule has 2 N–H and O–H groups in total. The second kappa shape index (κ2) is 5.57. The highest BCUT2D eigenvalue weighted by molar-refractivity contribution is 5.45. The number of ether oxygens (including phenoxy) is 1. The smallest absolute Gasteiger partial charge is 0.328 e. The van der Waals surface area contributed by atoms with Crippen molar-refractivity contribution in [1.82, 2.24) is 15.0 Å². The molecule has 110 valence electrons. The number of nitrogen functional groups attached to an aromatic ring is 1. The summed E-state index contributed by atoms with van der Waals surface area (Å²) in [4.78, 5) is 23.9. The zero-order valence-electron chi connectivity index (χ0n) is 11.8. The predicted octanol–water partition coefficient (Wildman–Crippen LogP) is 1.53. The maximum absolute atomic E-state index is 10.8. The Morgan fingerprint density at radius 2 is 2.00 bits per heavy atom. The molecule has 9 nitrogen and oxygen atoms in total. The predicted molar refractivity (Wildman–Crippen MR) is 76.5 cm³/mol. The van der Waals surface area contributed by atoms with Crippen LogP contribution < -0.4 is 15.4 Å². The second-order valence-electron chi connectivity index (χ2n) is 4.48. The van der Waals surface area contributed by atoms with Gasteiger partial charge in [0.05, 0.1) is 4.92 Å². The maximum atomic E-state index is 10.8. The highest BCUT2D eigenvalue weighted by Crippen LogP contribution is 2.26. The number of nitro groups is 1. The summed E-state index contributed by atoms with van der Waals surface area (Å²) in [5.41, 5.74) is 6.09. The molecule has 9 heteroatoms. The van der Waals surface area contributed by atoms with Crippen LogP contribution in [0.5, 0.6) is 11.8 Å². The minimum Gasteiger partial charge on any atom is -0.424 e. The summed E-state index contributed by atoms with van der Waals surface area (Å²) < 4.78 is 5.47. The topological polar surface area (TPSA) is 120 Å². The van der Waals surface area contributed by atoms with Crippen molar-refractivity contribution < 1.29 is 9.66 Å². The molecule has 0 fully saturated rings. The van der Waals surface area contributed by atoms with Crippen LogP contribution in [0, 0.1) is 17.0 Å². The van der Waals surface area contributed by atoms with E-state index in [9.17, 15) is 10.1 Å². The van der Waals surface area contributed by atoms with Gasteiger partial charge in [-0.25, -0.2) is 0 Å². The summed E-state index contributed by atoms with van der Waals surface area (Å²) in [6.07, 6.45) is 0. The summed E-state index contributed by atoms with van der Waals surface area (Å²) in [6.45, 7) is 1.62. The molecule has 0 spiro atoms. The molecule has 2 aromatic rings. The third-order valence-electron chi connectivity index (χ3n) is 2.59. The van der Waals surface area contributed by atoms with E-state index in [1.165, 1.54) is 18.2 Å². The van der Waals surface area contributed by atoms with E-state index in [4.69, 9.17) is 10.5 Å². The number of anilines is 2. The van der Waals surface area contributed by atoms with Crippen molar-refractivity contribution >= 4 is 17.6 Å². The van der Waals surface area contributed by atoms with Crippen LogP contribution in [0.4, 0.5) is 17.6 Å². The number of nitrogens with two attached hydrogens (primary N) is 1. The Morgan fingerprint density at radius 1 is 1.29 bits per heavy atom. The summed E-state index contributed by atoms with van der Waals surface area (Å²) >= 11 is 0. The first kappa shape index (κ1) is 14.4. The molecule has 0 atom stereocenters. The lowest BCUT2D eigenvalue weighted by atomic mass is 10.2. The van der Waals surface area contributed by atoms with Crippen LogP contribution in [0.3, 0.4) is 0 Å². The van der Waals surface area contributed by atoms with Crippen molar-refractivity contribution in [2.75, 3.05) is 24.7 Å². The Bertz CT molecular complexity index is 689. The van der Waals surface area contributed by atoms with Gasteiger partial charge in [0.15, 0.2) is 0 Å². The van der Waals surface area contributed by atoms with E-state index in [0.29, 0.717) is 17.3 Å². The van der Waals surface area contributed by atoms with Gasteiger partial charge in [-0.1, -0.05) is 0 Å². The number of rotatable bonds is 4. The standard InChI is InChI=1S/C12H14N6O3/c1-7-6-8(4-5-9(7)18(19)20)21-12-15-10(13)14-11(16-12)17(2)3/h4-6H,1-3H3,(H2,13,14,15,16). The quantitative estimate of drug-likeness (QED) is 0.664. The molecule has 0 aliphatic rings. The highest BCUT2D eigenvalue weighted by atomic mass is 16.6. The lowest BCUT2D eigenvalue weighted by Gasteiger charge is -2.11. The van der Waals surface area contributed by atoms with Crippen LogP contribution in [-0.4, -0.2) is 34.0 Å². The number of hydrogen-bond donors (Lipinski definition) is 1. The number of nitro benzene ring substituents is 1. The zero-order chi connectivity index (χ0) is 15.6. The van der Waals surface area contributed by atoms with Gasteiger partial charge >= 0.3 is 6.01 Å². The first-order valence-electron chi connectivity index (χ1n) is 5.98. The van der Waals surface area contributed by atoms with Crippen LogP contribution in [0.15, 0.2) is 18.2 Å². The van der Waals surface area contributed by atoms with Gasteiger partial charge < -0.3 is 15.4 Å². The normalized spacial score (nSPS) is 10.2. The average Bonchev–Trinajstić information content (AvgIpc) is 2.37. The number of aromatic nitrogens is 3. The zero-order valence-corrected chi connectivity index (χ0v) is 11.8. The molecule has 1 aromatic carbocycles. The van der Waals surface area contributed by atoms with Crippen LogP contribution in [-0.2, 0) is 0 Å². The Morgan fingerprint density at radius 3 is 2.57 bits per heavy atom. The van der Waals surface area contributed by atoms with E-state index in [0.717, 1.165) is 0 Å². The molecule has 0 aliphatic heterocycles. The summed E-state index contributed by atoms with van der Waals surface area (Å²) in [7, 11) is 3.52. The number of nitrogens with zero attached hydrogens (tertiary/aromatic N) is 5. The molecule has 0 unspecified atom stereocenters. The fourth-order valence-electron chi connectivity index (χ4n) is 1.61. The van der Waals surface area contributed by atoms with Crippen molar-refractivity contribution in [1.29, 1.82) is 0 Å². The summed E-state index contributed by atoms with van der Waals surface area (Å²) in [5.74, 6) is 0.770. The molecule has 2 rings (SSSR count). The highest BCUT2D eigenvalue weighted by Gasteiger charge is 2.13. The fraction of sp³-hybridized carbons (Fsp3) is 0.250. The van der Waals surface area contributed by atoms with E-state index in [-0.39, 0.29) is 17.6 Å². The molecule has 1 aromatic heterocycles.